The Balaban J connectivity index is 1.88. The molecule has 0 saturated carbocycles. The normalized spacial score (nSPS) is 10.8. The lowest BCUT2D eigenvalue weighted by Gasteiger charge is -2.07. The van der Waals surface area contributed by atoms with Crippen LogP contribution in [-0.4, -0.2) is 14.5 Å². The van der Waals surface area contributed by atoms with Crippen molar-refractivity contribution < 1.29 is 0 Å². The van der Waals surface area contributed by atoms with Gasteiger partial charge in [-0.05, 0) is 37.3 Å². The van der Waals surface area contributed by atoms with Crippen molar-refractivity contribution in [2.75, 3.05) is 0 Å². The first kappa shape index (κ1) is 12.5. The van der Waals surface area contributed by atoms with Crippen LogP contribution in [0, 0.1) is 6.92 Å². The minimum Gasteiger partial charge on any atom is -0.314 e. The van der Waals surface area contributed by atoms with Gasteiger partial charge < -0.3 is 4.57 Å². The summed E-state index contributed by atoms with van der Waals surface area (Å²) in [4.78, 5) is 21.0. The first-order valence-corrected chi connectivity index (χ1v) is 6.61. The van der Waals surface area contributed by atoms with Crippen LogP contribution in [0.4, 0.5) is 0 Å². The molecule has 0 unspecified atom stereocenters. The van der Waals surface area contributed by atoms with Crippen molar-refractivity contribution in [3.8, 4) is 0 Å². The van der Waals surface area contributed by atoms with Crippen LogP contribution in [0.5, 0.6) is 0 Å². The molecule has 0 fully saturated rings. The molecule has 0 aliphatic rings. The Morgan fingerprint density at radius 3 is 2.90 bits per heavy atom. The van der Waals surface area contributed by atoms with E-state index in [0.29, 0.717) is 11.9 Å². The summed E-state index contributed by atoms with van der Waals surface area (Å²) in [6.45, 7) is 2.59. The van der Waals surface area contributed by atoms with E-state index in [1.807, 2.05) is 37.3 Å². The summed E-state index contributed by atoms with van der Waals surface area (Å²) >= 11 is 0. The van der Waals surface area contributed by atoms with E-state index in [0.717, 1.165) is 23.3 Å². The second-order valence-corrected chi connectivity index (χ2v) is 4.77. The number of rotatable bonds is 3. The predicted molar refractivity (Wildman–Crippen MR) is 78.7 cm³/mol. The van der Waals surface area contributed by atoms with Gasteiger partial charge >= 0.3 is 0 Å². The Morgan fingerprint density at radius 2 is 2.05 bits per heavy atom. The zero-order valence-electron chi connectivity index (χ0n) is 11.3. The molecule has 4 heteroatoms. The average Bonchev–Trinajstić information content (AvgIpc) is 2.47. The van der Waals surface area contributed by atoms with E-state index in [1.54, 1.807) is 23.0 Å². The molecule has 0 N–H and O–H groups in total. The molecular weight excluding hydrogens is 250 g/mol. The molecule has 3 rings (SSSR count). The van der Waals surface area contributed by atoms with Gasteiger partial charge in [0.05, 0.1) is 10.9 Å². The third-order valence-corrected chi connectivity index (χ3v) is 3.30. The Bertz CT molecular complexity index is 808. The van der Waals surface area contributed by atoms with Crippen LogP contribution in [0.25, 0.3) is 10.9 Å². The van der Waals surface area contributed by atoms with E-state index < -0.39 is 0 Å². The molecule has 0 aliphatic carbocycles. The Morgan fingerprint density at radius 1 is 1.15 bits per heavy atom. The lowest BCUT2D eigenvalue weighted by molar-refractivity contribution is 0.664. The number of hydrogen-bond donors (Lipinski definition) is 0. The highest BCUT2D eigenvalue weighted by atomic mass is 16.1. The van der Waals surface area contributed by atoms with Crippen molar-refractivity contribution in [1.82, 2.24) is 14.5 Å². The molecule has 3 aromatic heterocycles. The summed E-state index contributed by atoms with van der Waals surface area (Å²) in [6, 6.07) is 11.4. The van der Waals surface area contributed by atoms with E-state index in [1.165, 1.54) is 0 Å². The van der Waals surface area contributed by atoms with Gasteiger partial charge in [0.2, 0.25) is 0 Å². The number of nitrogens with zero attached hydrogens (tertiary/aromatic N) is 3. The monoisotopic (exact) mass is 265 g/mol. The fourth-order valence-corrected chi connectivity index (χ4v) is 2.26. The van der Waals surface area contributed by atoms with Crippen LogP contribution in [0.15, 0.2) is 53.6 Å². The number of aryl methyl sites for hydroxylation is 3. The fourth-order valence-electron chi connectivity index (χ4n) is 2.26. The maximum Gasteiger partial charge on any atom is 0.260 e. The van der Waals surface area contributed by atoms with Gasteiger partial charge in [-0.3, -0.25) is 14.8 Å². The van der Waals surface area contributed by atoms with Gasteiger partial charge in [0, 0.05) is 36.7 Å². The average molecular weight is 265 g/mol. The second-order valence-electron chi connectivity index (χ2n) is 4.77. The SMILES string of the molecule is Cc1cccc(CCn2ccc3ncccc3c2=O)n1. The molecule has 0 bridgehead atoms. The predicted octanol–water partition coefficient (Wildman–Crippen LogP) is 2.34. The minimum absolute atomic E-state index is 0.00301. The molecule has 0 aromatic carbocycles. The highest BCUT2D eigenvalue weighted by Gasteiger charge is 2.03. The van der Waals surface area contributed by atoms with Crippen LogP contribution in [-0.2, 0) is 13.0 Å². The summed E-state index contributed by atoms with van der Waals surface area (Å²) < 4.78 is 1.72. The third kappa shape index (κ3) is 2.45. The third-order valence-electron chi connectivity index (χ3n) is 3.30. The Labute approximate surface area is 116 Å². The number of hydrogen-bond acceptors (Lipinski definition) is 3. The molecule has 0 amide bonds. The van der Waals surface area contributed by atoms with Crippen LogP contribution >= 0.6 is 0 Å². The smallest absolute Gasteiger partial charge is 0.260 e. The summed E-state index contributed by atoms with van der Waals surface area (Å²) in [6.07, 6.45) is 4.24. The molecule has 3 aromatic rings. The van der Waals surface area contributed by atoms with Gasteiger partial charge in [-0.15, -0.1) is 0 Å². The summed E-state index contributed by atoms with van der Waals surface area (Å²) in [5, 5.41) is 0.659. The van der Waals surface area contributed by atoms with Crippen molar-refractivity contribution in [2.24, 2.45) is 0 Å². The summed E-state index contributed by atoms with van der Waals surface area (Å²) in [7, 11) is 0. The largest absolute Gasteiger partial charge is 0.314 e. The molecule has 0 atom stereocenters. The second kappa shape index (κ2) is 5.25. The first-order valence-electron chi connectivity index (χ1n) is 6.61. The summed E-state index contributed by atoms with van der Waals surface area (Å²) in [5.74, 6) is 0. The van der Waals surface area contributed by atoms with Gasteiger partial charge in [0.25, 0.3) is 5.56 Å². The molecule has 0 saturated heterocycles. The zero-order valence-corrected chi connectivity index (χ0v) is 11.3. The van der Waals surface area contributed by atoms with Crippen molar-refractivity contribution in [3.63, 3.8) is 0 Å². The van der Waals surface area contributed by atoms with Crippen molar-refractivity contribution in [3.05, 3.63) is 70.5 Å². The van der Waals surface area contributed by atoms with Gasteiger partial charge in [0.15, 0.2) is 0 Å². The van der Waals surface area contributed by atoms with Gasteiger partial charge in [0.1, 0.15) is 0 Å². The van der Waals surface area contributed by atoms with Gasteiger partial charge in [-0.1, -0.05) is 6.07 Å². The molecule has 100 valence electrons. The molecular formula is C16H15N3O. The Kier molecular flexibility index (Phi) is 3.29. The lowest BCUT2D eigenvalue weighted by Crippen LogP contribution is -2.20. The van der Waals surface area contributed by atoms with Crippen LogP contribution in [0.1, 0.15) is 11.4 Å². The standard InChI is InChI=1S/C16H15N3O/c1-12-4-2-5-13(18-12)7-10-19-11-8-15-14(16(19)20)6-3-9-17-15/h2-6,8-9,11H,7,10H2,1H3. The van der Waals surface area contributed by atoms with Crippen LogP contribution in [0.2, 0.25) is 0 Å². The van der Waals surface area contributed by atoms with Crippen LogP contribution in [0.3, 0.4) is 0 Å². The van der Waals surface area contributed by atoms with E-state index in [2.05, 4.69) is 9.97 Å². The lowest BCUT2D eigenvalue weighted by atomic mass is 10.2. The van der Waals surface area contributed by atoms with E-state index in [-0.39, 0.29) is 5.56 Å². The first-order chi connectivity index (χ1) is 9.74. The molecule has 4 nitrogen and oxygen atoms in total. The highest BCUT2D eigenvalue weighted by Crippen LogP contribution is 2.05. The number of aromatic nitrogens is 3. The molecule has 0 spiro atoms. The van der Waals surface area contributed by atoms with Gasteiger partial charge in [-0.25, -0.2) is 0 Å². The van der Waals surface area contributed by atoms with Crippen molar-refractivity contribution in [1.29, 1.82) is 0 Å². The zero-order chi connectivity index (χ0) is 13.9. The highest BCUT2D eigenvalue weighted by molar-refractivity contribution is 5.76. The topological polar surface area (TPSA) is 47.8 Å². The van der Waals surface area contributed by atoms with E-state index in [9.17, 15) is 4.79 Å². The fraction of sp³-hybridized carbons (Fsp3) is 0.188. The van der Waals surface area contributed by atoms with Crippen molar-refractivity contribution in [2.45, 2.75) is 19.9 Å². The molecule has 3 heterocycles. The summed E-state index contributed by atoms with van der Waals surface area (Å²) in [5.41, 5.74) is 2.74. The number of pyridine rings is 3. The molecule has 0 radical (unpaired) electrons. The Hall–Kier alpha value is -2.49. The van der Waals surface area contributed by atoms with E-state index >= 15 is 0 Å². The van der Waals surface area contributed by atoms with Crippen molar-refractivity contribution >= 4 is 10.9 Å². The molecule has 20 heavy (non-hydrogen) atoms. The quantitative estimate of drug-likeness (QED) is 0.730. The number of fused-ring (bicyclic) bond motifs is 1. The van der Waals surface area contributed by atoms with Crippen LogP contribution < -0.4 is 5.56 Å². The maximum absolute atomic E-state index is 12.3. The minimum atomic E-state index is 0.00301. The van der Waals surface area contributed by atoms with E-state index in [4.69, 9.17) is 0 Å². The molecule has 0 aliphatic heterocycles. The van der Waals surface area contributed by atoms with Gasteiger partial charge in [-0.2, -0.15) is 0 Å². The maximum atomic E-state index is 12.3.